The molecule has 0 spiro atoms. The number of aliphatic hydroxyl groups excluding tert-OH is 2. The highest BCUT2D eigenvalue weighted by Gasteiger charge is 2.09. The zero-order chi connectivity index (χ0) is 12.1. The number of carboxylic acids is 1. The van der Waals surface area contributed by atoms with E-state index in [0.29, 0.717) is 0 Å². The lowest BCUT2D eigenvalue weighted by Crippen LogP contribution is -2.23. The second-order valence-corrected chi connectivity index (χ2v) is 3.22. The molecule has 1 unspecified atom stereocenters. The summed E-state index contributed by atoms with van der Waals surface area (Å²) in [6.07, 6.45) is -1.02. The minimum atomic E-state index is -1.16. The van der Waals surface area contributed by atoms with Crippen LogP contribution in [0.4, 0.5) is 10.1 Å². The number of aliphatic hydroxyl groups is 2. The van der Waals surface area contributed by atoms with Gasteiger partial charge in [0.25, 0.3) is 0 Å². The number of carboxylic acid groups (broad SMARTS) is 1. The number of aromatic carboxylic acids is 1. The SMILES string of the molecule is O=C(O)c1ccc(F)c(NCC(O)CO)c1. The molecule has 0 aromatic heterocycles. The summed E-state index contributed by atoms with van der Waals surface area (Å²) in [5, 5.41) is 28.8. The zero-order valence-corrected chi connectivity index (χ0v) is 8.35. The van der Waals surface area contributed by atoms with Gasteiger partial charge >= 0.3 is 5.97 Å². The summed E-state index contributed by atoms with van der Waals surface area (Å²) in [4.78, 5) is 10.6. The smallest absolute Gasteiger partial charge is 0.335 e. The highest BCUT2D eigenvalue weighted by molar-refractivity contribution is 5.88. The number of rotatable bonds is 5. The maximum absolute atomic E-state index is 13.2. The molecule has 0 aliphatic heterocycles. The molecule has 1 atom stereocenters. The van der Waals surface area contributed by atoms with Crippen molar-refractivity contribution in [1.29, 1.82) is 0 Å². The molecular formula is C10H12FNO4. The van der Waals surface area contributed by atoms with Crippen LogP contribution in [0.15, 0.2) is 18.2 Å². The van der Waals surface area contributed by atoms with E-state index in [-0.39, 0.29) is 17.8 Å². The molecular weight excluding hydrogens is 217 g/mol. The van der Waals surface area contributed by atoms with Gasteiger partial charge in [-0.2, -0.15) is 0 Å². The maximum atomic E-state index is 13.2. The molecule has 0 fully saturated rings. The molecule has 16 heavy (non-hydrogen) atoms. The average Bonchev–Trinajstić information content (AvgIpc) is 2.27. The lowest BCUT2D eigenvalue weighted by atomic mass is 10.2. The first-order valence-electron chi connectivity index (χ1n) is 4.60. The molecule has 1 rings (SSSR count). The third-order valence-electron chi connectivity index (χ3n) is 1.95. The summed E-state index contributed by atoms with van der Waals surface area (Å²) in [5.41, 5.74) is -0.0743. The Labute approximate surface area is 91.2 Å². The molecule has 0 bridgehead atoms. The molecule has 0 saturated heterocycles. The van der Waals surface area contributed by atoms with Crippen molar-refractivity contribution in [2.45, 2.75) is 6.10 Å². The Balaban J connectivity index is 2.78. The zero-order valence-electron chi connectivity index (χ0n) is 8.35. The minimum Gasteiger partial charge on any atom is -0.478 e. The number of halogens is 1. The fourth-order valence-corrected chi connectivity index (χ4v) is 1.09. The Bertz CT molecular complexity index is 383. The molecule has 1 aromatic rings. The number of nitrogens with one attached hydrogen (secondary N) is 1. The highest BCUT2D eigenvalue weighted by Crippen LogP contribution is 2.16. The molecule has 1 aromatic carbocycles. The van der Waals surface area contributed by atoms with Crippen LogP contribution in [0, 0.1) is 5.82 Å². The van der Waals surface area contributed by atoms with Crippen LogP contribution in [0.3, 0.4) is 0 Å². The Morgan fingerprint density at radius 1 is 1.50 bits per heavy atom. The van der Waals surface area contributed by atoms with E-state index in [9.17, 15) is 9.18 Å². The van der Waals surface area contributed by atoms with Crippen molar-refractivity contribution in [3.63, 3.8) is 0 Å². The quantitative estimate of drug-likeness (QED) is 0.582. The molecule has 0 radical (unpaired) electrons. The first-order chi connectivity index (χ1) is 7.54. The first kappa shape index (κ1) is 12.4. The average molecular weight is 229 g/mol. The predicted octanol–water partition coefficient (Wildman–Crippen LogP) is 0.289. The van der Waals surface area contributed by atoms with Crippen molar-refractivity contribution in [2.75, 3.05) is 18.5 Å². The summed E-state index contributed by atoms with van der Waals surface area (Å²) in [7, 11) is 0. The van der Waals surface area contributed by atoms with Gasteiger partial charge in [0.2, 0.25) is 0 Å². The Morgan fingerprint density at radius 3 is 2.75 bits per heavy atom. The minimum absolute atomic E-state index is 0.0209. The van der Waals surface area contributed by atoms with Gasteiger partial charge in [-0.25, -0.2) is 9.18 Å². The normalized spacial score (nSPS) is 12.2. The summed E-state index contributed by atoms with van der Waals surface area (Å²) >= 11 is 0. The van der Waals surface area contributed by atoms with E-state index < -0.39 is 24.5 Å². The third kappa shape index (κ3) is 3.18. The molecule has 6 heteroatoms. The van der Waals surface area contributed by atoms with E-state index in [2.05, 4.69) is 5.32 Å². The molecule has 88 valence electrons. The molecule has 0 aliphatic rings. The topological polar surface area (TPSA) is 89.8 Å². The van der Waals surface area contributed by atoms with Gasteiger partial charge in [-0.1, -0.05) is 0 Å². The second kappa shape index (κ2) is 5.43. The van der Waals surface area contributed by atoms with Gasteiger partial charge in [0.1, 0.15) is 5.82 Å². The Kier molecular flexibility index (Phi) is 4.21. The lowest BCUT2D eigenvalue weighted by molar-refractivity contribution is 0.0697. The standard InChI is InChI=1S/C10H12FNO4/c11-8-2-1-6(10(15)16)3-9(8)12-4-7(14)5-13/h1-3,7,12-14H,4-5H2,(H,15,16). The van der Waals surface area contributed by atoms with Crippen molar-refractivity contribution in [1.82, 2.24) is 0 Å². The van der Waals surface area contributed by atoms with Gasteiger partial charge < -0.3 is 20.6 Å². The van der Waals surface area contributed by atoms with Crippen molar-refractivity contribution >= 4 is 11.7 Å². The van der Waals surface area contributed by atoms with Crippen LogP contribution in [0.2, 0.25) is 0 Å². The molecule has 0 amide bonds. The first-order valence-corrected chi connectivity index (χ1v) is 4.60. The van der Waals surface area contributed by atoms with Crippen LogP contribution in [0.5, 0.6) is 0 Å². The third-order valence-corrected chi connectivity index (χ3v) is 1.95. The lowest BCUT2D eigenvalue weighted by Gasteiger charge is -2.11. The maximum Gasteiger partial charge on any atom is 0.335 e. The molecule has 0 heterocycles. The molecule has 0 aliphatic carbocycles. The van der Waals surface area contributed by atoms with Crippen molar-refractivity contribution < 1.29 is 24.5 Å². The number of hydrogen-bond acceptors (Lipinski definition) is 4. The van der Waals surface area contributed by atoms with Crippen LogP contribution in [-0.2, 0) is 0 Å². The molecule has 0 saturated carbocycles. The van der Waals surface area contributed by atoms with Crippen molar-refractivity contribution in [3.05, 3.63) is 29.6 Å². The van der Waals surface area contributed by atoms with Crippen LogP contribution in [-0.4, -0.2) is 40.5 Å². The summed E-state index contributed by atoms with van der Waals surface area (Å²) in [6.45, 7) is -0.510. The molecule has 4 N–H and O–H groups in total. The predicted molar refractivity (Wildman–Crippen MR) is 54.9 cm³/mol. The van der Waals surface area contributed by atoms with Gasteiger partial charge in [0.15, 0.2) is 0 Å². The van der Waals surface area contributed by atoms with E-state index in [4.69, 9.17) is 15.3 Å². The van der Waals surface area contributed by atoms with E-state index in [1.807, 2.05) is 0 Å². The summed E-state index contributed by atoms with van der Waals surface area (Å²) < 4.78 is 13.2. The Hall–Kier alpha value is -1.66. The largest absolute Gasteiger partial charge is 0.478 e. The monoisotopic (exact) mass is 229 g/mol. The van der Waals surface area contributed by atoms with E-state index in [1.54, 1.807) is 0 Å². The van der Waals surface area contributed by atoms with Gasteiger partial charge in [-0.15, -0.1) is 0 Å². The fourth-order valence-electron chi connectivity index (χ4n) is 1.09. The second-order valence-electron chi connectivity index (χ2n) is 3.22. The van der Waals surface area contributed by atoms with Gasteiger partial charge in [-0.3, -0.25) is 0 Å². The van der Waals surface area contributed by atoms with Gasteiger partial charge in [0.05, 0.1) is 24.0 Å². The van der Waals surface area contributed by atoms with Crippen LogP contribution in [0.1, 0.15) is 10.4 Å². The van der Waals surface area contributed by atoms with Crippen LogP contribution in [0.25, 0.3) is 0 Å². The number of anilines is 1. The van der Waals surface area contributed by atoms with Crippen molar-refractivity contribution in [3.8, 4) is 0 Å². The van der Waals surface area contributed by atoms with E-state index in [1.165, 1.54) is 0 Å². The summed E-state index contributed by atoms with van der Waals surface area (Å²) in [5.74, 6) is -1.78. The van der Waals surface area contributed by atoms with Crippen LogP contribution >= 0.6 is 0 Å². The van der Waals surface area contributed by atoms with Crippen LogP contribution < -0.4 is 5.32 Å². The Morgan fingerprint density at radius 2 is 2.19 bits per heavy atom. The van der Waals surface area contributed by atoms with E-state index in [0.717, 1.165) is 18.2 Å². The number of hydrogen-bond donors (Lipinski definition) is 4. The number of benzene rings is 1. The number of carbonyl (C=O) groups is 1. The van der Waals surface area contributed by atoms with E-state index >= 15 is 0 Å². The van der Waals surface area contributed by atoms with Gasteiger partial charge in [0, 0.05) is 6.54 Å². The van der Waals surface area contributed by atoms with Crippen molar-refractivity contribution in [2.24, 2.45) is 0 Å². The highest BCUT2D eigenvalue weighted by atomic mass is 19.1. The molecule has 5 nitrogen and oxygen atoms in total. The summed E-state index contributed by atoms with van der Waals surface area (Å²) in [6, 6.07) is 3.30. The van der Waals surface area contributed by atoms with Gasteiger partial charge in [-0.05, 0) is 18.2 Å². The fraction of sp³-hybridized carbons (Fsp3) is 0.300.